The lowest BCUT2D eigenvalue weighted by Crippen LogP contribution is -2.53. The first kappa shape index (κ1) is 24.2. The maximum absolute atomic E-state index is 13.2. The molecule has 4 rings (SSSR count). The van der Waals surface area contributed by atoms with Gasteiger partial charge in [-0.2, -0.15) is 0 Å². The second-order valence-electron chi connectivity index (χ2n) is 9.14. The van der Waals surface area contributed by atoms with E-state index in [1.165, 1.54) is 0 Å². The van der Waals surface area contributed by atoms with Crippen molar-refractivity contribution in [2.45, 2.75) is 50.6 Å². The van der Waals surface area contributed by atoms with Gasteiger partial charge in [0.2, 0.25) is 11.8 Å². The fraction of sp³-hybridized carbons (Fsp3) is 0.500. The van der Waals surface area contributed by atoms with E-state index in [0.29, 0.717) is 35.8 Å². The number of aliphatic hydroxyl groups excluding tert-OH is 1. The first-order chi connectivity index (χ1) is 16.4. The van der Waals surface area contributed by atoms with Gasteiger partial charge in [-0.15, -0.1) is 0 Å². The van der Waals surface area contributed by atoms with E-state index in [0.717, 1.165) is 24.6 Å². The number of carbonyl (C=O) groups is 4. The van der Waals surface area contributed by atoms with E-state index in [1.54, 1.807) is 18.2 Å². The highest BCUT2D eigenvalue weighted by atomic mass is 35.5. The third-order valence-electron chi connectivity index (χ3n) is 6.52. The van der Waals surface area contributed by atoms with Crippen molar-refractivity contribution >= 4 is 46.0 Å². The van der Waals surface area contributed by atoms with E-state index in [-0.39, 0.29) is 18.0 Å². The summed E-state index contributed by atoms with van der Waals surface area (Å²) in [6.45, 7) is -0.149. The topological polar surface area (TPSA) is 140 Å². The van der Waals surface area contributed by atoms with Crippen LogP contribution in [0.2, 0.25) is 5.02 Å². The molecule has 1 aromatic heterocycles. The van der Waals surface area contributed by atoms with Crippen LogP contribution in [0.15, 0.2) is 24.3 Å². The number of aromatic amines is 1. The van der Waals surface area contributed by atoms with Crippen molar-refractivity contribution in [1.29, 1.82) is 0 Å². The molecule has 0 bridgehead atoms. The van der Waals surface area contributed by atoms with Crippen molar-refractivity contribution in [3.8, 4) is 0 Å². The van der Waals surface area contributed by atoms with Gasteiger partial charge in [0.25, 0.3) is 5.91 Å². The molecule has 0 spiro atoms. The number of carbonyl (C=O) groups excluding carboxylic acids is 4. The van der Waals surface area contributed by atoms with E-state index < -0.39 is 42.2 Å². The number of fused-ring (bicyclic) bond motifs is 1. The van der Waals surface area contributed by atoms with Crippen LogP contribution in [-0.2, 0) is 14.4 Å². The summed E-state index contributed by atoms with van der Waals surface area (Å²) in [5.41, 5.74) is 0.912. The minimum absolute atomic E-state index is 0.113. The van der Waals surface area contributed by atoms with Gasteiger partial charge in [-0.25, -0.2) is 0 Å². The average molecular weight is 489 g/mol. The molecule has 1 aromatic carbocycles. The van der Waals surface area contributed by atoms with Gasteiger partial charge >= 0.3 is 0 Å². The van der Waals surface area contributed by atoms with Gasteiger partial charge in [0, 0.05) is 17.8 Å². The van der Waals surface area contributed by atoms with Crippen LogP contribution in [0.1, 0.15) is 49.0 Å². The van der Waals surface area contributed by atoms with Crippen LogP contribution < -0.4 is 16.0 Å². The third kappa shape index (κ3) is 5.77. The lowest BCUT2D eigenvalue weighted by atomic mass is 9.90. The zero-order valence-electron chi connectivity index (χ0n) is 18.7. The fourth-order valence-electron chi connectivity index (χ4n) is 4.39. The van der Waals surface area contributed by atoms with E-state index in [9.17, 15) is 24.3 Å². The molecule has 10 heteroatoms. The van der Waals surface area contributed by atoms with Gasteiger partial charge in [0.05, 0.1) is 16.6 Å². The number of ketones is 1. The zero-order chi connectivity index (χ0) is 24.2. The maximum Gasteiger partial charge on any atom is 0.268 e. The molecule has 3 atom stereocenters. The van der Waals surface area contributed by atoms with E-state index in [1.807, 2.05) is 6.07 Å². The number of Topliss-reactive ketones (excluding diaryl/α,β-unsaturated/α-hetero) is 1. The molecular weight excluding hydrogens is 460 g/mol. The molecule has 1 saturated heterocycles. The minimum Gasteiger partial charge on any atom is -0.389 e. The average Bonchev–Trinajstić information content (AvgIpc) is 3.53. The molecule has 9 nitrogen and oxygen atoms in total. The number of aliphatic hydroxyl groups is 1. The van der Waals surface area contributed by atoms with Gasteiger partial charge < -0.3 is 26.0 Å². The number of halogens is 1. The Labute approximate surface area is 202 Å². The van der Waals surface area contributed by atoms with Crippen molar-refractivity contribution in [3.05, 3.63) is 35.0 Å². The van der Waals surface area contributed by atoms with Crippen LogP contribution in [0.4, 0.5) is 0 Å². The number of H-pyrrole nitrogens is 1. The van der Waals surface area contributed by atoms with Crippen LogP contribution in [-0.4, -0.2) is 58.8 Å². The van der Waals surface area contributed by atoms with E-state index in [2.05, 4.69) is 20.9 Å². The van der Waals surface area contributed by atoms with Crippen molar-refractivity contribution in [2.75, 3.05) is 13.2 Å². The van der Waals surface area contributed by atoms with Gasteiger partial charge in [0.1, 0.15) is 18.3 Å². The zero-order valence-corrected chi connectivity index (χ0v) is 19.5. The van der Waals surface area contributed by atoms with Crippen molar-refractivity contribution < 1.29 is 24.3 Å². The quantitative estimate of drug-likeness (QED) is 0.346. The summed E-state index contributed by atoms with van der Waals surface area (Å²) in [6, 6.07) is 5.15. The first-order valence-corrected chi connectivity index (χ1v) is 12.0. The SMILES string of the molecule is O=C(N[C@@H](CC1CC1)C(=O)N[C@@H](C[C@@H]1CCCNC1=O)C(=O)CO)c1cc2cccc(Cl)c2[nH]1. The Morgan fingerprint density at radius 3 is 2.59 bits per heavy atom. The molecule has 182 valence electrons. The molecule has 1 aliphatic heterocycles. The van der Waals surface area contributed by atoms with Crippen molar-refractivity contribution in [3.63, 3.8) is 0 Å². The Balaban J connectivity index is 1.46. The molecular formula is C24H29ClN4O5. The standard InChI is InChI=1S/C24H29ClN4O5/c25-16-5-1-3-14-10-19(27-21(14)16)24(34)29-18(9-13-6-7-13)23(33)28-17(20(31)12-30)11-15-4-2-8-26-22(15)32/h1,3,5,10,13,15,17-18,27,30H,2,4,6-9,11-12H2,(H,26,32)(H,28,33)(H,29,34)/t15-,17-,18-/m0/s1. The highest BCUT2D eigenvalue weighted by Crippen LogP contribution is 2.34. The Kier molecular flexibility index (Phi) is 7.53. The van der Waals surface area contributed by atoms with Crippen LogP contribution >= 0.6 is 11.6 Å². The summed E-state index contributed by atoms with van der Waals surface area (Å²) in [5.74, 6) is -1.77. The number of hydrogen-bond acceptors (Lipinski definition) is 5. The number of hydrogen-bond donors (Lipinski definition) is 5. The number of rotatable bonds is 10. The molecule has 3 amide bonds. The smallest absolute Gasteiger partial charge is 0.268 e. The summed E-state index contributed by atoms with van der Waals surface area (Å²) in [5, 5.41) is 18.9. The summed E-state index contributed by atoms with van der Waals surface area (Å²) in [4.78, 5) is 53.6. The number of piperidine rings is 1. The molecule has 2 fully saturated rings. The third-order valence-corrected chi connectivity index (χ3v) is 6.83. The number of aromatic nitrogens is 1. The van der Waals surface area contributed by atoms with Crippen LogP contribution in [0.3, 0.4) is 0 Å². The second-order valence-corrected chi connectivity index (χ2v) is 9.55. The minimum atomic E-state index is -1.00. The van der Waals surface area contributed by atoms with E-state index in [4.69, 9.17) is 11.6 Å². The summed E-state index contributed by atoms with van der Waals surface area (Å²) < 4.78 is 0. The molecule has 2 aromatic rings. The van der Waals surface area contributed by atoms with Crippen LogP contribution in [0.25, 0.3) is 10.9 Å². The van der Waals surface area contributed by atoms with Gasteiger partial charge in [0.15, 0.2) is 5.78 Å². The highest BCUT2D eigenvalue weighted by molar-refractivity contribution is 6.35. The Morgan fingerprint density at radius 1 is 1.12 bits per heavy atom. The number of benzene rings is 1. The molecule has 2 aliphatic rings. The van der Waals surface area contributed by atoms with Gasteiger partial charge in [-0.05, 0) is 43.7 Å². The molecule has 2 heterocycles. The number of para-hydroxylation sites is 1. The lowest BCUT2D eigenvalue weighted by Gasteiger charge is -2.27. The normalized spacial score (nSPS) is 19.8. The molecule has 1 saturated carbocycles. The maximum atomic E-state index is 13.2. The summed E-state index contributed by atoms with van der Waals surface area (Å²) in [6.07, 6.45) is 3.91. The van der Waals surface area contributed by atoms with Gasteiger partial charge in [-0.3, -0.25) is 19.2 Å². The highest BCUT2D eigenvalue weighted by Gasteiger charge is 2.34. The van der Waals surface area contributed by atoms with Gasteiger partial charge in [-0.1, -0.05) is 36.6 Å². The Hall–Kier alpha value is -2.91. The Bertz CT molecular complexity index is 1100. The molecule has 0 radical (unpaired) electrons. The molecule has 34 heavy (non-hydrogen) atoms. The summed E-state index contributed by atoms with van der Waals surface area (Å²) in [7, 11) is 0. The predicted octanol–water partition coefficient (Wildman–Crippen LogP) is 1.68. The first-order valence-electron chi connectivity index (χ1n) is 11.7. The predicted molar refractivity (Wildman–Crippen MR) is 126 cm³/mol. The van der Waals surface area contributed by atoms with Crippen molar-refractivity contribution in [1.82, 2.24) is 20.9 Å². The molecule has 0 unspecified atom stereocenters. The van der Waals surface area contributed by atoms with Crippen molar-refractivity contribution in [2.24, 2.45) is 11.8 Å². The van der Waals surface area contributed by atoms with E-state index >= 15 is 0 Å². The van der Waals surface area contributed by atoms with Crippen LogP contribution in [0, 0.1) is 11.8 Å². The largest absolute Gasteiger partial charge is 0.389 e. The number of nitrogens with one attached hydrogen (secondary N) is 4. The second kappa shape index (κ2) is 10.6. The Morgan fingerprint density at radius 2 is 1.91 bits per heavy atom. The van der Waals surface area contributed by atoms with Crippen LogP contribution in [0.5, 0.6) is 0 Å². The molecule has 5 N–H and O–H groups in total. The lowest BCUT2D eigenvalue weighted by molar-refractivity contribution is -0.132. The monoisotopic (exact) mass is 488 g/mol. The number of amides is 3. The summed E-state index contributed by atoms with van der Waals surface area (Å²) >= 11 is 6.19. The fourth-order valence-corrected chi connectivity index (χ4v) is 4.62. The molecule has 1 aliphatic carbocycles.